The van der Waals surface area contributed by atoms with Crippen molar-refractivity contribution in [1.29, 1.82) is 0 Å². The van der Waals surface area contributed by atoms with Crippen molar-refractivity contribution in [3.63, 3.8) is 0 Å². The standard InChI is InChI=1S/C4H11N.4HI.Pb/c1-2-3-4-5;;;;;/h2-5H2,1H3;4*1H;/q;;;;;+4/p-4. The van der Waals surface area contributed by atoms with E-state index >= 15 is 0 Å². The molecule has 0 unspecified atom stereocenters. The minimum absolute atomic E-state index is 0.844. The molecule has 2 N–H and O–H groups in total. The first kappa shape index (κ1) is 16.2. The van der Waals surface area contributed by atoms with Crippen LogP contribution in [0.5, 0.6) is 0 Å². The zero-order valence-electron chi connectivity index (χ0n) is 5.71. The van der Waals surface area contributed by atoms with Crippen LogP contribution in [-0.4, -0.2) is 10.5 Å². The van der Waals surface area contributed by atoms with E-state index in [1.807, 2.05) is 0 Å². The second-order valence-electron chi connectivity index (χ2n) is 1.57. The van der Waals surface area contributed by atoms with Crippen molar-refractivity contribution in [2.75, 3.05) is 6.54 Å². The van der Waals surface area contributed by atoms with Crippen LogP contribution in [0.2, 0.25) is 0 Å². The fraction of sp³-hybridized carbons (Fsp3) is 1.00. The summed E-state index contributed by atoms with van der Waals surface area (Å²) in [6.07, 6.45) is 2.39. The molecule has 0 fully saturated rings. The van der Waals surface area contributed by atoms with Crippen LogP contribution in [0.15, 0.2) is 0 Å². The molecule has 0 radical (unpaired) electrons. The van der Waals surface area contributed by atoms with Crippen LogP contribution in [0.1, 0.15) is 19.8 Å². The van der Waals surface area contributed by atoms with Crippen molar-refractivity contribution in [2.45, 2.75) is 19.8 Å². The number of hydrogen-bond donors (Lipinski definition) is 1. The Morgan fingerprint density at radius 2 is 1.50 bits per heavy atom. The van der Waals surface area contributed by atoms with Gasteiger partial charge in [0.1, 0.15) is 0 Å². The van der Waals surface area contributed by atoms with E-state index in [9.17, 15) is 0 Å². The molecule has 0 bridgehead atoms. The van der Waals surface area contributed by atoms with Crippen LogP contribution in [0, 0.1) is 0 Å². The molecule has 0 aromatic heterocycles. The molecule has 0 saturated carbocycles. The number of rotatable bonds is 2. The maximum atomic E-state index is 5.14. The second kappa shape index (κ2) is 10.9. The molecule has 64 valence electrons. The fourth-order valence-electron chi connectivity index (χ4n) is 0.204. The van der Waals surface area contributed by atoms with Gasteiger partial charge in [0.25, 0.3) is 0 Å². The van der Waals surface area contributed by atoms with E-state index in [0.717, 1.165) is 6.54 Å². The van der Waals surface area contributed by atoms with Crippen LogP contribution >= 0.6 is 71.0 Å². The fourth-order valence-corrected chi connectivity index (χ4v) is 0.204. The molecule has 0 aromatic rings. The van der Waals surface area contributed by atoms with Gasteiger partial charge in [0.05, 0.1) is 0 Å². The first-order valence-corrected chi connectivity index (χ1v) is 46.6. The van der Waals surface area contributed by atoms with Crippen molar-refractivity contribution >= 4 is 75.0 Å². The maximum absolute atomic E-state index is 5.14. The molecule has 0 aromatic carbocycles. The average Bonchev–Trinajstić information content (AvgIpc) is 1.63. The number of nitrogens with two attached hydrogens (primary N) is 1. The molecule has 0 atom stereocenters. The van der Waals surface area contributed by atoms with E-state index in [2.05, 4.69) is 78.0 Å². The van der Waals surface area contributed by atoms with E-state index in [-0.39, 0.29) is 0 Å². The van der Waals surface area contributed by atoms with Gasteiger partial charge in [0.2, 0.25) is 0 Å². The van der Waals surface area contributed by atoms with E-state index in [1.165, 1.54) is 12.8 Å². The molecule has 0 amide bonds. The summed E-state index contributed by atoms with van der Waals surface area (Å²) in [4.78, 5) is 0. The molecule has 1 nitrogen and oxygen atoms in total. The van der Waals surface area contributed by atoms with E-state index < -0.39 is 4.00 Å². The number of hydrogen-bond acceptors (Lipinski definition) is 1. The summed E-state index contributed by atoms with van der Waals surface area (Å²) in [5.41, 5.74) is 5.14. The molecule has 0 heterocycles. The third kappa shape index (κ3) is 40.9. The van der Waals surface area contributed by atoms with Crippen molar-refractivity contribution in [2.24, 2.45) is 5.73 Å². The first-order valence-electron chi connectivity index (χ1n) is 2.87. The van der Waals surface area contributed by atoms with Gasteiger partial charge in [0.15, 0.2) is 0 Å². The van der Waals surface area contributed by atoms with Crippen LogP contribution < -0.4 is 5.73 Å². The third-order valence-electron chi connectivity index (χ3n) is 0.558. The Morgan fingerprint density at radius 1 is 1.20 bits per heavy atom. The van der Waals surface area contributed by atoms with Crippen molar-refractivity contribution < 1.29 is 0 Å². The Bertz CT molecular complexity index is 56.8. The summed E-state index contributed by atoms with van der Waals surface area (Å²) in [6, 6.07) is 0. The van der Waals surface area contributed by atoms with Gasteiger partial charge < -0.3 is 5.73 Å². The summed E-state index contributed by atoms with van der Waals surface area (Å²) in [5, 5.41) is 0. The van der Waals surface area contributed by atoms with Crippen molar-refractivity contribution in [1.82, 2.24) is 0 Å². The van der Waals surface area contributed by atoms with E-state index in [0.29, 0.717) is 0 Å². The SMILES string of the molecule is CCCCN.[I][Pb]([I])([I])[I]. The first-order chi connectivity index (χ1) is 4.41. The molecular formula is C4H11I4NPb. The summed E-state index contributed by atoms with van der Waals surface area (Å²) in [7, 11) is 0. The van der Waals surface area contributed by atoms with Gasteiger partial charge in [-0.25, -0.2) is 0 Å². The van der Waals surface area contributed by atoms with Crippen molar-refractivity contribution in [3.8, 4) is 0 Å². The minimum atomic E-state index is -1.40. The van der Waals surface area contributed by atoms with Crippen molar-refractivity contribution in [3.05, 3.63) is 0 Å². The van der Waals surface area contributed by atoms with E-state index in [1.54, 1.807) is 0 Å². The topological polar surface area (TPSA) is 26.0 Å². The predicted octanol–water partition coefficient (Wildman–Crippen LogP) is 3.91. The number of unbranched alkanes of at least 4 members (excludes halogenated alkanes) is 1. The summed E-state index contributed by atoms with van der Waals surface area (Å²) in [6.45, 7) is 2.98. The zero-order valence-corrected chi connectivity index (χ0v) is 18.2. The second-order valence-corrected chi connectivity index (χ2v) is 170. The van der Waals surface area contributed by atoms with E-state index in [4.69, 9.17) is 5.73 Å². The quantitative estimate of drug-likeness (QED) is 0.334. The Hall–Kier alpha value is 3.80. The van der Waals surface area contributed by atoms with Gasteiger partial charge in [-0.05, 0) is 13.0 Å². The predicted molar refractivity (Wildman–Crippen MR) is 85.8 cm³/mol. The number of halogens is 4. The van der Waals surface area contributed by atoms with Gasteiger partial charge in [-0.15, -0.1) is 0 Å². The summed E-state index contributed by atoms with van der Waals surface area (Å²) >= 11 is 10.2. The van der Waals surface area contributed by atoms with Gasteiger partial charge in [-0.1, -0.05) is 13.3 Å². The van der Waals surface area contributed by atoms with Crippen LogP contribution in [0.25, 0.3) is 0 Å². The van der Waals surface area contributed by atoms with Gasteiger partial charge in [-0.3, -0.25) is 0 Å². The molecule has 0 aliphatic rings. The van der Waals surface area contributed by atoms with Gasteiger partial charge in [0, 0.05) is 0 Å². The van der Waals surface area contributed by atoms with Gasteiger partial charge >= 0.3 is 75.0 Å². The molecule has 10 heavy (non-hydrogen) atoms. The summed E-state index contributed by atoms with van der Waals surface area (Å²) in [5.74, 6) is 0. The van der Waals surface area contributed by atoms with Crippen LogP contribution in [-0.2, 0) is 0 Å². The van der Waals surface area contributed by atoms with Crippen LogP contribution in [0.3, 0.4) is 0 Å². The zero-order chi connectivity index (χ0) is 8.62. The Kier molecular flexibility index (Phi) is 17.7. The molecular weight excluding hydrogens is 777 g/mol. The monoisotopic (exact) mass is 789 g/mol. The molecule has 0 aliphatic heterocycles. The molecule has 0 aliphatic carbocycles. The Balaban J connectivity index is 0. The molecule has 0 saturated heterocycles. The third-order valence-corrected chi connectivity index (χ3v) is 0.558. The summed E-state index contributed by atoms with van der Waals surface area (Å²) < 4.78 is -1.40. The Morgan fingerprint density at radius 3 is 1.50 bits per heavy atom. The van der Waals surface area contributed by atoms with Crippen LogP contribution in [0.4, 0.5) is 0 Å². The van der Waals surface area contributed by atoms with Gasteiger partial charge in [-0.2, -0.15) is 0 Å². The molecule has 0 spiro atoms. The normalized spacial score (nSPS) is 10.2. The molecule has 0 rings (SSSR count). The molecule has 6 heteroatoms. The average molecular weight is 788 g/mol. The Labute approximate surface area is 104 Å².